The number of amides is 1. The minimum Gasteiger partial charge on any atom is -0.341 e. The fraction of sp³-hybridized carbons (Fsp3) is 0.533. The molecule has 1 atom stereocenters. The number of carbonyl (C=O) groups is 1. The maximum absolute atomic E-state index is 12.4. The second-order valence-electron chi connectivity index (χ2n) is 5.80. The van der Waals surface area contributed by atoms with Crippen LogP contribution in [0.5, 0.6) is 0 Å². The van der Waals surface area contributed by atoms with Gasteiger partial charge in [0.25, 0.3) is 0 Å². The number of benzene rings is 1. The first-order valence-corrected chi connectivity index (χ1v) is 9.12. The molecule has 0 aromatic heterocycles. The average Bonchev–Trinajstić information content (AvgIpc) is 2.47. The summed E-state index contributed by atoms with van der Waals surface area (Å²) in [6, 6.07) is 5.94. The zero-order valence-electron chi connectivity index (χ0n) is 12.8. The molecule has 1 aromatic carbocycles. The SMILES string of the molecule is C[C@@H]1CCCN(C(=O)CN(C)S(=O)(=O)c2ccc(Cl)cc2)C1. The molecule has 0 saturated carbocycles. The Morgan fingerprint density at radius 3 is 2.59 bits per heavy atom. The Morgan fingerprint density at radius 2 is 2.00 bits per heavy atom. The average molecular weight is 345 g/mol. The van der Waals surface area contributed by atoms with E-state index in [0.29, 0.717) is 24.0 Å². The smallest absolute Gasteiger partial charge is 0.243 e. The van der Waals surface area contributed by atoms with Crippen molar-refractivity contribution in [1.29, 1.82) is 0 Å². The van der Waals surface area contributed by atoms with Gasteiger partial charge in [-0.2, -0.15) is 4.31 Å². The van der Waals surface area contributed by atoms with Crippen molar-refractivity contribution in [3.05, 3.63) is 29.3 Å². The van der Waals surface area contributed by atoms with Crippen molar-refractivity contribution in [3.63, 3.8) is 0 Å². The molecule has 1 fully saturated rings. The molecule has 1 aliphatic rings. The van der Waals surface area contributed by atoms with Crippen molar-refractivity contribution in [3.8, 4) is 0 Å². The van der Waals surface area contributed by atoms with Gasteiger partial charge in [-0.05, 0) is 43.0 Å². The molecule has 0 aliphatic carbocycles. The summed E-state index contributed by atoms with van der Waals surface area (Å²) in [5.74, 6) is 0.322. The molecular weight excluding hydrogens is 324 g/mol. The Balaban J connectivity index is 2.05. The van der Waals surface area contributed by atoms with Crippen LogP contribution in [0.3, 0.4) is 0 Å². The van der Waals surface area contributed by atoms with Gasteiger partial charge in [0.1, 0.15) is 0 Å². The zero-order valence-corrected chi connectivity index (χ0v) is 14.4. The van der Waals surface area contributed by atoms with Crippen LogP contribution in [0.15, 0.2) is 29.2 Å². The second-order valence-corrected chi connectivity index (χ2v) is 8.28. The molecule has 122 valence electrons. The van der Waals surface area contributed by atoms with Crippen molar-refractivity contribution in [2.24, 2.45) is 5.92 Å². The van der Waals surface area contributed by atoms with Gasteiger partial charge in [-0.15, -0.1) is 0 Å². The summed E-state index contributed by atoms with van der Waals surface area (Å²) in [5.41, 5.74) is 0. The minimum absolute atomic E-state index is 0.138. The highest BCUT2D eigenvalue weighted by Gasteiger charge is 2.27. The highest BCUT2D eigenvalue weighted by Crippen LogP contribution is 2.19. The molecule has 1 amide bonds. The standard InChI is InChI=1S/C15H21ClN2O3S/c1-12-4-3-9-18(10-12)15(19)11-17(2)22(20,21)14-7-5-13(16)6-8-14/h5-8,12H,3-4,9-11H2,1-2H3/t12-/m1/s1. The van der Waals surface area contributed by atoms with Gasteiger partial charge in [-0.3, -0.25) is 4.79 Å². The summed E-state index contributed by atoms with van der Waals surface area (Å²) in [4.78, 5) is 14.2. The van der Waals surface area contributed by atoms with Gasteiger partial charge >= 0.3 is 0 Å². The number of hydrogen-bond acceptors (Lipinski definition) is 3. The number of piperidine rings is 1. The van der Waals surface area contributed by atoms with E-state index < -0.39 is 10.0 Å². The number of hydrogen-bond donors (Lipinski definition) is 0. The normalized spacial score (nSPS) is 19.5. The number of halogens is 1. The van der Waals surface area contributed by atoms with Crippen LogP contribution in [0, 0.1) is 5.92 Å². The Bertz CT molecular complexity index is 631. The topological polar surface area (TPSA) is 57.7 Å². The van der Waals surface area contributed by atoms with Gasteiger partial charge in [0.05, 0.1) is 11.4 Å². The number of rotatable bonds is 4. The van der Waals surface area contributed by atoms with Crippen molar-refractivity contribution in [1.82, 2.24) is 9.21 Å². The fourth-order valence-corrected chi connectivity index (χ4v) is 3.82. The summed E-state index contributed by atoms with van der Waals surface area (Å²) >= 11 is 5.77. The highest BCUT2D eigenvalue weighted by atomic mass is 35.5. The van der Waals surface area contributed by atoms with E-state index in [9.17, 15) is 13.2 Å². The quantitative estimate of drug-likeness (QED) is 0.841. The van der Waals surface area contributed by atoms with Gasteiger partial charge in [-0.1, -0.05) is 18.5 Å². The first-order valence-electron chi connectivity index (χ1n) is 7.30. The third-order valence-electron chi connectivity index (χ3n) is 3.89. The predicted molar refractivity (Wildman–Crippen MR) is 86.2 cm³/mol. The number of sulfonamides is 1. The third-order valence-corrected chi connectivity index (χ3v) is 5.96. The van der Waals surface area contributed by atoms with Gasteiger partial charge in [0.15, 0.2) is 0 Å². The van der Waals surface area contributed by atoms with Crippen LogP contribution >= 0.6 is 11.6 Å². The second kappa shape index (κ2) is 6.98. The van der Waals surface area contributed by atoms with E-state index in [1.807, 2.05) is 0 Å². The first-order chi connectivity index (χ1) is 10.3. The monoisotopic (exact) mass is 344 g/mol. The minimum atomic E-state index is -3.68. The molecule has 7 heteroatoms. The Morgan fingerprint density at radius 1 is 1.36 bits per heavy atom. The molecule has 0 unspecified atom stereocenters. The predicted octanol–water partition coefficient (Wildman–Crippen LogP) is 2.22. The van der Waals surface area contributed by atoms with Crippen LogP contribution in [0.1, 0.15) is 19.8 Å². The highest BCUT2D eigenvalue weighted by molar-refractivity contribution is 7.89. The van der Waals surface area contributed by atoms with Gasteiger partial charge in [0, 0.05) is 25.2 Å². The summed E-state index contributed by atoms with van der Waals surface area (Å²) in [7, 11) is -2.25. The van der Waals surface area contributed by atoms with Crippen LogP contribution in [0.25, 0.3) is 0 Å². The van der Waals surface area contributed by atoms with E-state index in [-0.39, 0.29) is 17.3 Å². The molecule has 1 aromatic rings. The van der Waals surface area contributed by atoms with E-state index in [4.69, 9.17) is 11.6 Å². The number of carbonyl (C=O) groups excluding carboxylic acids is 1. The van der Waals surface area contributed by atoms with Gasteiger partial charge in [-0.25, -0.2) is 8.42 Å². The Kier molecular flexibility index (Phi) is 5.47. The van der Waals surface area contributed by atoms with Gasteiger partial charge < -0.3 is 4.90 Å². The summed E-state index contributed by atoms with van der Waals surface area (Å²) in [5, 5.41) is 0.472. The van der Waals surface area contributed by atoms with E-state index in [2.05, 4.69) is 6.92 Å². The van der Waals surface area contributed by atoms with Crippen LogP contribution in [0.2, 0.25) is 5.02 Å². The van der Waals surface area contributed by atoms with E-state index in [1.54, 1.807) is 4.90 Å². The van der Waals surface area contributed by atoms with Crippen molar-refractivity contribution in [2.75, 3.05) is 26.7 Å². The maximum atomic E-state index is 12.4. The molecule has 2 rings (SSSR count). The van der Waals surface area contributed by atoms with Crippen molar-refractivity contribution < 1.29 is 13.2 Å². The molecule has 1 saturated heterocycles. The Labute approximate surface area is 136 Å². The largest absolute Gasteiger partial charge is 0.341 e. The molecule has 0 spiro atoms. The lowest BCUT2D eigenvalue weighted by Gasteiger charge is -2.32. The molecule has 22 heavy (non-hydrogen) atoms. The van der Waals surface area contributed by atoms with Crippen molar-refractivity contribution >= 4 is 27.5 Å². The summed E-state index contributed by atoms with van der Waals surface area (Å²) in [6.45, 7) is 3.37. The molecule has 5 nitrogen and oxygen atoms in total. The van der Waals surface area contributed by atoms with Crippen LogP contribution in [-0.2, 0) is 14.8 Å². The number of nitrogens with zero attached hydrogens (tertiary/aromatic N) is 2. The first kappa shape index (κ1) is 17.2. The Hall–Kier alpha value is -1.11. The fourth-order valence-electron chi connectivity index (χ4n) is 2.58. The molecule has 1 aliphatic heterocycles. The molecular formula is C15H21ClN2O3S. The van der Waals surface area contributed by atoms with Crippen LogP contribution in [0.4, 0.5) is 0 Å². The third kappa shape index (κ3) is 4.00. The molecule has 0 radical (unpaired) electrons. The molecule has 0 N–H and O–H groups in total. The van der Waals surface area contributed by atoms with Crippen LogP contribution in [-0.4, -0.2) is 50.2 Å². The lowest BCUT2D eigenvalue weighted by molar-refractivity contribution is -0.132. The number of likely N-dealkylation sites (N-methyl/N-ethyl adjacent to an activating group) is 1. The zero-order chi connectivity index (χ0) is 16.3. The maximum Gasteiger partial charge on any atom is 0.243 e. The van der Waals surface area contributed by atoms with Crippen LogP contribution < -0.4 is 0 Å². The van der Waals surface area contributed by atoms with Crippen molar-refractivity contribution in [2.45, 2.75) is 24.7 Å². The lowest BCUT2D eigenvalue weighted by atomic mass is 10.0. The molecule has 1 heterocycles. The van der Waals surface area contributed by atoms with E-state index in [0.717, 1.165) is 17.1 Å². The van der Waals surface area contributed by atoms with E-state index in [1.165, 1.54) is 31.3 Å². The van der Waals surface area contributed by atoms with E-state index >= 15 is 0 Å². The summed E-state index contributed by atoms with van der Waals surface area (Å²) in [6.07, 6.45) is 2.09. The van der Waals surface area contributed by atoms with Gasteiger partial charge in [0.2, 0.25) is 15.9 Å². The number of likely N-dealkylation sites (tertiary alicyclic amines) is 1. The lowest BCUT2D eigenvalue weighted by Crippen LogP contribution is -2.45. The summed E-state index contributed by atoms with van der Waals surface area (Å²) < 4.78 is 26.0. The molecule has 0 bridgehead atoms.